The smallest absolute Gasteiger partial charge is 0.203 e. The fourth-order valence-electron chi connectivity index (χ4n) is 5.25. The largest absolute Gasteiger partial charge is 0.508 e. The van der Waals surface area contributed by atoms with E-state index in [4.69, 9.17) is 14.2 Å². The maximum absolute atomic E-state index is 11.3. The van der Waals surface area contributed by atoms with Crippen LogP contribution in [-0.4, -0.2) is 49.0 Å². The van der Waals surface area contributed by atoms with Crippen LogP contribution < -0.4 is 14.2 Å². The van der Waals surface area contributed by atoms with Gasteiger partial charge in [0, 0.05) is 18.0 Å². The summed E-state index contributed by atoms with van der Waals surface area (Å²) in [5.41, 5.74) is 2.04. The van der Waals surface area contributed by atoms with Gasteiger partial charge in [-0.2, -0.15) is 0 Å². The predicted octanol–water partition coefficient (Wildman–Crippen LogP) is 3.74. The maximum Gasteiger partial charge on any atom is 0.203 e. The molecule has 0 unspecified atom stereocenters. The second-order valence-electron chi connectivity index (χ2n) is 7.81. The highest BCUT2D eigenvalue weighted by atomic mass is 16.5. The lowest BCUT2D eigenvalue weighted by Gasteiger charge is -2.37. The van der Waals surface area contributed by atoms with E-state index < -0.39 is 6.10 Å². The number of rotatable bonds is 3. The van der Waals surface area contributed by atoms with Gasteiger partial charge in [-0.3, -0.25) is 4.90 Å². The van der Waals surface area contributed by atoms with Crippen molar-refractivity contribution in [2.45, 2.75) is 31.5 Å². The van der Waals surface area contributed by atoms with Crippen LogP contribution >= 0.6 is 0 Å². The Balaban J connectivity index is 1.98. The van der Waals surface area contributed by atoms with Gasteiger partial charge in [0.05, 0.1) is 27.4 Å². The van der Waals surface area contributed by atoms with Crippen molar-refractivity contribution in [1.29, 1.82) is 0 Å². The third kappa shape index (κ3) is 2.49. The van der Waals surface area contributed by atoms with Crippen molar-refractivity contribution in [3.05, 3.63) is 35.4 Å². The molecule has 0 radical (unpaired) electrons. The molecule has 0 amide bonds. The first kappa shape index (κ1) is 18.3. The number of nitrogens with zero attached hydrogens (tertiary/aromatic N) is 1. The van der Waals surface area contributed by atoms with Crippen LogP contribution in [0.25, 0.3) is 21.5 Å². The molecule has 0 bridgehead atoms. The third-order valence-electron chi connectivity index (χ3n) is 6.48. The molecule has 2 atom stereocenters. The minimum Gasteiger partial charge on any atom is -0.508 e. The second-order valence-corrected chi connectivity index (χ2v) is 7.81. The highest BCUT2D eigenvalue weighted by Crippen LogP contribution is 2.51. The first-order valence-corrected chi connectivity index (χ1v) is 9.91. The van der Waals surface area contributed by atoms with Crippen LogP contribution in [0.4, 0.5) is 0 Å². The molecule has 0 aromatic heterocycles. The van der Waals surface area contributed by atoms with E-state index in [-0.39, 0.29) is 11.8 Å². The van der Waals surface area contributed by atoms with E-state index in [1.165, 1.54) is 0 Å². The number of benzene rings is 3. The molecule has 0 spiro atoms. The number of phenols is 1. The number of hydrogen-bond donors (Lipinski definition) is 2. The van der Waals surface area contributed by atoms with Crippen LogP contribution in [0.15, 0.2) is 24.3 Å². The van der Waals surface area contributed by atoms with E-state index in [1.807, 2.05) is 12.1 Å². The van der Waals surface area contributed by atoms with Crippen LogP contribution in [0.3, 0.4) is 0 Å². The summed E-state index contributed by atoms with van der Waals surface area (Å²) < 4.78 is 17.0. The SMILES string of the molecule is COc1cc2c3c(c4ccc(O)cc4c2c(OC)c1OC)[C@H](O)[C@@H]1CCCN1C3. The van der Waals surface area contributed by atoms with Gasteiger partial charge in [0.1, 0.15) is 5.75 Å². The van der Waals surface area contributed by atoms with Crippen molar-refractivity contribution in [2.24, 2.45) is 0 Å². The summed E-state index contributed by atoms with van der Waals surface area (Å²) in [6.45, 7) is 1.75. The molecule has 152 valence electrons. The van der Waals surface area contributed by atoms with E-state index in [2.05, 4.69) is 4.90 Å². The molecule has 2 heterocycles. The summed E-state index contributed by atoms with van der Waals surface area (Å²) in [5, 5.41) is 25.1. The van der Waals surface area contributed by atoms with Crippen LogP contribution in [0.2, 0.25) is 0 Å². The van der Waals surface area contributed by atoms with E-state index in [0.29, 0.717) is 17.2 Å². The van der Waals surface area contributed by atoms with Crippen molar-refractivity contribution in [3.63, 3.8) is 0 Å². The molecule has 0 aliphatic carbocycles. The van der Waals surface area contributed by atoms with Crippen LogP contribution in [0, 0.1) is 0 Å². The lowest BCUT2D eigenvalue weighted by Crippen LogP contribution is -2.39. The normalized spacial score (nSPS) is 21.2. The van der Waals surface area contributed by atoms with Crippen molar-refractivity contribution in [3.8, 4) is 23.0 Å². The first-order chi connectivity index (χ1) is 14.1. The zero-order valence-electron chi connectivity index (χ0n) is 16.9. The average molecular weight is 395 g/mol. The number of methoxy groups -OCH3 is 3. The Hall–Kier alpha value is -2.70. The summed E-state index contributed by atoms with van der Waals surface area (Å²) in [4.78, 5) is 2.36. The predicted molar refractivity (Wildman–Crippen MR) is 111 cm³/mol. The quantitative estimate of drug-likeness (QED) is 0.659. The van der Waals surface area contributed by atoms with Crippen molar-refractivity contribution in [2.75, 3.05) is 27.9 Å². The van der Waals surface area contributed by atoms with E-state index in [1.54, 1.807) is 33.5 Å². The molecule has 29 heavy (non-hydrogen) atoms. The Bertz CT molecular complexity index is 1130. The molecule has 3 aromatic rings. The van der Waals surface area contributed by atoms with Crippen molar-refractivity contribution >= 4 is 21.5 Å². The number of aliphatic hydroxyl groups is 1. The third-order valence-corrected chi connectivity index (χ3v) is 6.48. The van der Waals surface area contributed by atoms with Gasteiger partial charge in [0.25, 0.3) is 0 Å². The number of ether oxygens (including phenoxy) is 3. The number of aliphatic hydroxyl groups excluding tert-OH is 1. The summed E-state index contributed by atoms with van der Waals surface area (Å²) in [5.74, 6) is 1.83. The molecule has 2 aliphatic rings. The van der Waals surface area contributed by atoms with Gasteiger partial charge in [-0.05, 0) is 64.9 Å². The highest BCUT2D eigenvalue weighted by molar-refractivity contribution is 6.15. The van der Waals surface area contributed by atoms with E-state index in [9.17, 15) is 10.2 Å². The molecular formula is C23H25NO5. The molecule has 3 aromatic carbocycles. The lowest BCUT2D eigenvalue weighted by molar-refractivity contribution is 0.0552. The average Bonchev–Trinajstić information content (AvgIpc) is 3.21. The maximum atomic E-state index is 11.3. The number of hydrogen-bond acceptors (Lipinski definition) is 6. The number of phenolic OH excluding ortho intramolecular Hbond substituents is 1. The van der Waals surface area contributed by atoms with Crippen LogP contribution in [-0.2, 0) is 6.54 Å². The van der Waals surface area contributed by atoms with Gasteiger partial charge in [-0.15, -0.1) is 0 Å². The summed E-state index contributed by atoms with van der Waals surface area (Å²) in [7, 11) is 4.80. The summed E-state index contributed by atoms with van der Waals surface area (Å²) in [6, 6.07) is 7.41. The highest BCUT2D eigenvalue weighted by Gasteiger charge is 2.39. The Morgan fingerprint density at radius 3 is 2.48 bits per heavy atom. The Morgan fingerprint density at radius 2 is 1.76 bits per heavy atom. The summed E-state index contributed by atoms with van der Waals surface area (Å²) >= 11 is 0. The fourth-order valence-corrected chi connectivity index (χ4v) is 5.25. The standard InChI is InChI=1S/C23H25NO5/c1-27-18-10-15-16-11-24-8-4-5-17(24)21(26)19(16)13-7-6-12(25)9-14(13)20(15)23(29-3)22(18)28-2/h6-7,9-10,17,21,25-26H,4-5,8,11H2,1-3H3/t17-,21+/m0/s1. The Kier molecular flexibility index (Phi) is 4.22. The molecule has 6 nitrogen and oxygen atoms in total. The molecule has 1 saturated heterocycles. The van der Waals surface area contributed by atoms with Gasteiger partial charge < -0.3 is 24.4 Å². The van der Waals surface area contributed by atoms with Gasteiger partial charge in [0.15, 0.2) is 11.5 Å². The molecule has 1 fully saturated rings. The molecular weight excluding hydrogens is 370 g/mol. The lowest BCUT2D eigenvalue weighted by atomic mass is 9.83. The van der Waals surface area contributed by atoms with Crippen LogP contribution in [0.1, 0.15) is 30.1 Å². The van der Waals surface area contributed by atoms with E-state index in [0.717, 1.165) is 58.6 Å². The number of fused-ring (bicyclic) bond motifs is 7. The zero-order valence-corrected chi connectivity index (χ0v) is 16.9. The monoisotopic (exact) mass is 395 g/mol. The van der Waals surface area contributed by atoms with Crippen molar-refractivity contribution < 1.29 is 24.4 Å². The van der Waals surface area contributed by atoms with Gasteiger partial charge in [0.2, 0.25) is 5.75 Å². The first-order valence-electron chi connectivity index (χ1n) is 9.91. The molecule has 0 saturated carbocycles. The topological polar surface area (TPSA) is 71.4 Å². The van der Waals surface area contributed by atoms with Gasteiger partial charge in [-0.1, -0.05) is 6.07 Å². The minimum absolute atomic E-state index is 0.138. The van der Waals surface area contributed by atoms with E-state index >= 15 is 0 Å². The zero-order chi connectivity index (χ0) is 20.3. The second kappa shape index (κ2) is 6.68. The summed E-state index contributed by atoms with van der Waals surface area (Å²) in [6.07, 6.45) is 1.51. The molecule has 5 rings (SSSR count). The molecule has 2 N–H and O–H groups in total. The Morgan fingerprint density at radius 1 is 0.966 bits per heavy atom. The minimum atomic E-state index is -0.572. The molecule has 2 aliphatic heterocycles. The Labute approximate surface area is 169 Å². The van der Waals surface area contributed by atoms with Gasteiger partial charge >= 0.3 is 0 Å². The van der Waals surface area contributed by atoms with Crippen molar-refractivity contribution in [1.82, 2.24) is 4.90 Å². The van der Waals surface area contributed by atoms with Crippen LogP contribution in [0.5, 0.6) is 23.0 Å². The number of aromatic hydroxyl groups is 1. The van der Waals surface area contributed by atoms with Gasteiger partial charge in [-0.25, -0.2) is 0 Å². The fraction of sp³-hybridized carbons (Fsp3) is 0.391. The molecule has 6 heteroatoms.